The van der Waals surface area contributed by atoms with Gasteiger partial charge in [-0.15, -0.1) is 0 Å². The molecule has 47 heavy (non-hydrogen) atoms. The zero-order chi connectivity index (χ0) is 32.4. The predicted octanol–water partition coefficient (Wildman–Crippen LogP) is 7.60. The van der Waals surface area contributed by atoms with Crippen LogP contribution in [0.1, 0.15) is 63.1 Å². The van der Waals surface area contributed by atoms with Crippen molar-refractivity contribution in [1.82, 2.24) is 10.2 Å². The molecule has 5 aromatic carbocycles. The van der Waals surface area contributed by atoms with E-state index in [0.717, 1.165) is 41.9 Å². The minimum absolute atomic E-state index is 0.00179. The number of nitrogens with zero attached hydrogens (tertiary/aromatic N) is 1. The van der Waals surface area contributed by atoms with Gasteiger partial charge in [-0.1, -0.05) is 134 Å². The molecule has 1 aliphatic rings. The number of carbonyl (C=O) groups is 1. The third-order valence-electron chi connectivity index (χ3n) is 8.80. The third kappa shape index (κ3) is 8.61. The Morgan fingerprint density at radius 3 is 1.77 bits per heavy atom. The van der Waals surface area contributed by atoms with Crippen molar-refractivity contribution >= 4 is 5.91 Å². The van der Waals surface area contributed by atoms with Crippen LogP contribution in [0.5, 0.6) is 0 Å². The number of hydrogen-bond acceptors (Lipinski definition) is 5. The monoisotopic (exact) mass is 626 g/mol. The van der Waals surface area contributed by atoms with Crippen molar-refractivity contribution in [3.05, 3.63) is 178 Å². The molecule has 0 aromatic heterocycles. The molecule has 1 amide bonds. The maximum atomic E-state index is 12.6. The number of carbonyl (C=O) groups excluding carboxylic acids is 1. The lowest BCUT2D eigenvalue weighted by Gasteiger charge is -2.43. The molecule has 0 saturated carbocycles. The first-order valence-electron chi connectivity index (χ1n) is 16.3. The average Bonchev–Trinajstić information content (AvgIpc) is 3.13. The van der Waals surface area contributed by atoms with Crippen molar-refractivity contribution in [1.29, 1.82) is 0 Å². The van der Waals surface area contributed by atoms with Gasteiger partial charge in [-0.2, -0.15) is 0 Å². The van der Waals surface area contributed by atoms with E-state index in [1.54, 1.807) is 0 Å². The summed E-state index contributed by atoms with van der Waals surface area (Å²) >= 11 is 0. The van der Waals surface area contributed by atoms with Crippen molar-refractivity contribution in [3.63, 3.8) is 0 Å². The molecule has 4 unspecified atom stereocenters. The number of aliphatic hydroxyl groups is 1. The van der Waals surface area contributed by atoms with Gasteiger partial charge in [-0.3, -0.25) is 9.69 Å². The Balaban J connectivity index is 1.22. The standard InChI is InChI=1S/C41H42N2O4/c1-30-38(28-43(26-32-11-5-2-6-12-32)27-33-13-7-3-8-14-33)46-41(47-39(30)35-21-19-34(29-44)20-22-35)37-23-17-31(18-24-37)25-42-40(45)36-15-9-4-10-16-36/h2-24,30,38-39,41,44H,25-29H2,1H3,(H,42,45). The Labute approximate surface area is 277 Å². The van der Waals surface area contributed by atoms with Gasteiger partial charge in [-0.05, 0) is 39.9 Å². The van der Waals surface area contributed by atoms with Crippen molar-refractivity contribution < 1.29 is 19.4 Å². The van der Waals surface area contributed by atoms with Crippen molar-refractivity contribution in [2.24, 2.45) is 5.92 Å². The molecule has 0 aliphatic carbocycles. The number of hydrogen-bond donors (Lipinski definition) is 2. The van der Waals surface area contributed by atoms with Crippen molar-refractivity contribution in [3.8, 4) is 0 Å². The highest BCUT2D eigenvalue weighted by Crippen LogP contribution is 2.42. The molecule has 0 radical (unpaired) electrons. The van der Waals surface area contributed by atoms with Gasteiger partial charge in [0.1, 0.15) is 0 Å². The van der Waals surface area contributed by atoms with E-state index < -0.39 is 6.29 Å². The van der Waals surface area contributed by atoms with Crippen LogP contribution in [0.25, 0.3) is 0 Å². The van der Waals surface area contributed by atoms with E-state index in [2.05, 4.69) is 89.9 Å². The molecule has 0 bridgehead atoms. The second-order valence-electron chi connectivity index (χ2n) is 12.3. The minimum atomic E-state index is -0.568. The molecule has 0 spiro atoms. The zero-order valence-electron chi connectivity index (χ0n) is 26.7. The molecule has 1 fully saturated rings. The highest BCUT2D eigenvalue weighted by Gasteiger charge is 2.39. The molecule has 1 heterocycles. The van der Waals surface area contributed by atoms with Crippen molar-refractivity contribution in [2.45, 2.75) is 51.7 Å². The smallest absolute Gasteiger partial charge is 0.251 e. The van der Waals surface area contributed by atoms with E-state index >= 15 is 0 Å². The van der Waals surface area contributed by atoms with E-state index in [9.17, 15) is 9.90 Å². The Bertz CT molecular complexity index is 1640. The number of ether oxygens (including phenoxy) is 2. The first kappa shape index (κ1) is 32.4. The summed E-state index contributed by atoms with van der Waals surface area (Å²) in [7, 11) is 0. The molecule has 6 rings (SSSR count). The first-order valence-corrected chi connectivity index (χ1v) is 16.3. The van der Waals surface area contributed by atoms with E-state index in [0.29, 0.717) is 12.1 Å². The Morgan fingerprint density at radius 2 is 1.19 bits per heavy atom. The van der Waals surface area contributed by atoms with Crippen molar-refractivity contribution in [2.75, 3.05) is 6.54 Å². The van der Waals surface area contributed by atoms with Gasteiger partial charge in [0.25, 0.3) is 5.91 Å². The summed E-state index contributed by atoms with van der Waals surface area (Å²) in [5.74, 6) is -0.0381. The molecule has 5 aromatic rings. The normalized spacial score (nSPS) is 19.4. The fraction of sp³-hybridized carbons (Fsp3) is 0.244. The van der Waals surface area contributed by atoms with Gasteiger partial charge in [-0.25, -0.2) is 0 Å². The van der Waals surface area contributed by atoms with Crippen LogP contribution < -0.4 is 5.32 Å². The van der Waals surface area contributed by atoms with Gasteiger partial charge in [0, 0.05) is 43.2 Å². The van der Waals surface area contributed by atoms with E-state index in [1.165, 1.54) is 11.1 Å². The van der Waals surface area contributed by atoms with Gasteiger partial charge in [0.15, 0.2) is 6.29 Å². The molecule has 6 heteroatoms. The van der Waals surface area contributed by atoms with Crippen LogP contribution in [0.3, 0.4) is 0 Å². The number of amides is 1. The maximum absolute atomic E-state index is 12.6. The summed E-state index contributed by atoms with van der Waals surface area (Å²) in [5.41, 5.74) is 7.00. The molecule has 1 aliphatic heterocycles. The average molecular weight is 627 g/mol. The summed E-state index contributed by atoms with van der Waals surface area (Å²) in [6.45, 7) is 4.95. The van der Waals surface area contributed by atoms with Gasteiger partial charge >= 0.3 is 0 Å². The van der Waals surface area contributed by atoms with Crippen LogP contribution in [-0.4, -0.2) is 28.6 Å². The van der Waals surface area contributed by atoms with Crippen LogP contribution >= 0.6 is 0 Å². The summed E-state index contributed by atoms with van der Waals surface area (Å²) in [6.07, 6.45) is -0.887. The summed E-state index contributed by atoms with van der Waals surface area (Å²) in [6, 6.07) is 46.5. The molecule has 240 valence electrons. The summed E-state index contributed by atoms with van der Waals surface area (Å²) in [4.78, 5) is 15.0. The van der Waals surface area contributed by atoms with Crippen LogP contribution in [-0.2, 0) is 35.7 Å². The van der Waals surface area contributed by atoms with Crippen LogP contribution in [0.2, 0.25) is 0 Å². The van der Waals surface area contributed by atoms with Crippen LogP contribution in [0.15, 0.2) is 140 Å². The predicted molar refractivity (Wildman–Crippen MR) is 184 cm³/mol. The maximum Gasteiger partial charge on any atom is 0.251 e. The van der Waals surface area contributed by atoms with Crippen LogP contribution in [0, 0.1) is 5.92 Å². The topological polar surface area (TPSA) is 71.0 Å². The number of aliphatic hydroxyl groups excluding tert-OH is 1. The Kier molecular flexibility index (Phi) is 10.9. The second kappa shape index (κ2) is 15.8. The lowest BCUT2D eigenvalue weighted by atomic mass is 9.89. The largest absolute Gasteiger partial charge is 0.392 e. The van der Waals surface area contributed by atoms with E-state index in [-0.39, 0.29) is 30.6 Å². The molecule has 1 saturated heterocycles. The van der Waals surface area contributed by atoms with Gasteiger partial charge in [0.05, 0.1) is 18.8 Å². The van der Waals surface area contributed by atoms with Gasteiger partial charge < -0.3 is 19.9 Å². The first-order chi connectivity index (χ1) is 23.1. The van der Waals surface area contributed by atoms with E-state index in [1.807, 2.05) is 66.7 Å². The SMILES string of the molecule is CC1C(CN(Cc2ccccc2)Cc2ccccc2)OC(c2ccc(CNC(=O)c3ccccc3)cc2)OC1c1ccc(CO)cc1. The fourth-order valence-corrected chi connectivity index (χ4v) is 6.12. The Hall–Kier alpha value is -4.59. The second-order valence-corrected chi connectivity index (χ2v) is 12.3. The molecular formula is C41H42N2O4. The molecule has 4 atom stereocenters. The zero-order valence-corrected chi connectivity index (χ0v) is 26.7. The summed E-state index contributed by atoms with van der Waals surface area (Å²) in [5, 5.41) is 12.6. The highest BCUT2D eigenvalue weighted by molar-refractivity contribution is 5.94. The Morgan fingerprint density at radius 1 is 0.660 bits per heavy atom. The lowest BCUT2D eigenvalue weighted by Crippen LogP contribution is -2.44. The number of benzene rings is 5. The highest BCUT2D eigenvalue weighted by atomic mass is 16.7. The third-order valence-corrected chi connectivity index (χ3v) is 8.80. The fourth-order valence-electron chi connectivity index (χ4n) is 6.12. The van der Waals surface area contributed by atoms with Crippen LogP contribution in [0.4, 0.5) is 0 Å². The minimum Gasteiger partial charge on any atom is -0.392 e. The molecule has 6 nitrogen and oxygen atoms in total. The number of nitrogens with one attached hydrogen (secondary N) is 1. The van der Waals surface area contributed by atoms with Gasteiger partial charge in [0.2, 0.25) is 0 Å². The number of rotatable bonds is 12. The molecule has 2 N–H and O–H groups in total. The summed E-state index contributed by atoms with van der Waals surface area (Å²) < 4.78 is 13.5. The van der Waals surface area contributed by atoms with E-state index in [4.69, 9.17) is 9.47 Å². The lowest BCUT2D eigenvalue weighted by molar-refractivity contribution is -0.276. The quantitative estimate of drug-likeness (QED) is 0.149. The molecular weight excluding hydrogens is 584 g/mol.